The van der Waals surface area contributed by atoms with Crippen LogP contribution in [0.2, 0.25) is 0 Å². The summed E-state index contributed by atoms with van der Waals surface area (Å²) in [6.45, 7) is 0. The van der Waals surface area contributed by atoms with Crippen LogP contribution in [0, 0.1) is 11.8 Å². The molecule has 3 rings (SSSR count). The summed E-state index contributed by atoms with van der Waals surface area (Å²) in [6.07, 6.45) is 3.01. The van der Waals surface area contributed by atoms with E-state index in [2.05, 4.69) is 4.98 Å². The maximum absolute atomic E-state index is 14.2. The summed E-state index contributed by atoms with van der Waals surface area (Å²) in [5, 5.41) is 0. The fraction of sp³-hybridized carbons (Fsp3) is 0.0625. The molecule has 0 unspecified atom stereocenters. The van der Waals surface area contributed by atoms with E-state index in [4.69, 9.17) is 0 Å². The van der Waals surface area contributed by atoms with Crippen LogP contribution in [-0.2, 0) is 19.9 Å². The number of benzene rings is 1. The molecule has 0 fully saturated rings. The first-order valence-corrected chi connectivity index (χ1v) is 10.5. The quantitative estimate of drug-likeness (QED) is 0.630. The molecule has 6 nitrogen and oxygen atoms in total. The molecule has 0 radical (unpaired) electrons. The lowest BCUT2D eigenvalue weighted by Gasteiger charge is -2.12. The first kappa shape index (κ1) is 18.2. The van der Waals surface area contributed by atoms with Gasteiger partial charge in [0.05, 0.1) is 15.4 Å². The Kier molecular flexibility index (Phi) is 4.41. The standard InChI is InChI=1S/C16H12F2N2O4S2/c1-25(21,22)11-4-2-5-12(10-11)26(23,24)20-9-7-14(17)15(20)13-6-3-8-19-16(13)18/h2-10H,1H3. The van der Waals surface area contributed by atoms with E-state index in [9.17, 15) is 25.6 Å². The van der Waals surface area contributed by atoms with Gasteiger partial charge in [-0.1, -0.05) is 6.07 Å². The molecule has 0 saturated heterocycles. The predicted octanol–water partition coefficient (Wildman–Crippen LogP) is 2.47. The molecule has 0 amide bonds. The van der Waals surface area contributed by atoms with Crippen LogP contribution in [0.5, 0.6) is 0 Å². The number of hydrogen-bond donors (Lipinski definition) is 0. The molecule has 0 aliphatic heterocycles. The van der Waals surface area contributed by atoms with E-state index in [1.165, 1.54) is 30.3 Å². The summed E-state index contributed by atoms with van der Waals surface area (Å²) >= 11 is 0. The number of sulfone groups is 1. The van der Waals surface area contributed by atoms with E-state index in [-0.39, 0.29) is 15.4 Å². The number of rotatable bonds is 4. The Bertz CT molecular complexity index is 1200. The second-order valence-corrected chi connectivity index (χ2v) is 9.23. The molecular weight excluding hydrogens is 386 g/mol. The van der Waals surface area contributed by atoms with Crippen molar-refractivity contribution in [2.24, 2.45) is 0 Å². The van der Waals surface area contributed by atoms with Crippen molar-refractivity contribution in [3.8, 4) is 11.3 Å². The van der Waals surface area contributed by atoms with Gasteiger partial charge in [0.25, 0.3) is 10.0 Å². The van der Waals surface area contributed by atoms with Gasteiger partial charge in [0.2, 0.25) is 5.95 Å². The summed E-state index contributed by atoms with van der Waals surface area (Å²) in [7, 11) is -8.03. The number of nitrogens with zero attached hydrogens (tertiary/aromatic N) is 2. The van der Waals surface area contributed by atoms with Crippen LogP contribution in [0.3, 0.4) is 0 Å². The summed E-state index contributed by atoms with van der Waals surface area (Å²) < 4.78 is 77.8. The fourth-order valence-corrected chi connectivity index (χ4v) is 4.52. The number of halogens is 2. The van der Waals surface area contributed by atoms with Gasteiger partial charge in [0.15, 0.2) is 9.84 Å². The zero-order valence-corrected chi connectivity index (χ0v) is 14.9. The first-order chi connectivity index (χ1) is 12.1. The van der Waals surface area contributed by atoms with E-state index in [0.717, 1.165) is 30.8 Å². The first-order valence-electron chi connectivity index (χ1n) is 7.16. The van der Waals surface area contributed by atoms with Gasteiger partial charge in [-0.25, -0.2) is 30.2 Å². The average molecular weight is 398 g/mol. The minimum atomic E-state index is -4.38. The summed E-state index contributed by atoms with van der Waals surface area (Å²) in [4.78, 5) is 2.82. The van der Waals surface area contributed by atoms with Gasteiger partial charge < -0.3 is 0 Å². The van der Waals surface area contributed by atoms with Crippen molar-refractivity contribution in [2.75, 3.05) is 6.26 Å². The minimum absolute atomic E-state index is 0.208. The van der Waals surface area contributed by atoms with Crippen molar-refractivity contribution in [2.45, 2.75) is 9.79 Å². The molecule has 10 heteroatoms. The van der Waals surface area contributed by atoms with Gasteiger partial charge in [-0.15, -0.1) is 0 Å². The SMILES string of the molecule is CS(=O)(=O)c1cccc(S(=O)(=O)n2ccc(F)c2-c2cccnc2F)c1. The van der Waals surface area contributed by atoms with Crippen LogP contribution in [-0.4, -0.2) is 32.0 Å². The van der Waals surface area contributed by atoms with Crippen LogP contribution in [0.25, 0.3) is 11.3 Å². The zero-order chi connectivity index (χ0) is 19.1. The van der Waals surface area contributed by atoms with Crippen molar-refractivity contribution in [3.05, 3.63) is 66.6 Å². The third-order valence-corrected chi connectivity index (χ3v) is 6.39. The highest BCUT2D eigenvalue weighted by atomic mass is 32.2. The lowest BCUT2D eigenvalue weighted by molar-refractivity contribution is 0.576. The molecule has 0 bridgehead atoms. The van der Waals surface area contributed by atoms with Crippen molar-refractivity contribution in [1.82, 2.24) is 8.96 Å². The van der Waals surface area contributed by atoms with Gasteiger partial charge in [0, 0.05) is 18.6 Å². The Morgan fingerprint density at radius 2 is 1.65 bits per heavy atom. The van der Waals surface area contributed by atoms with Gasteiger partial charge in [0.1, 0.15) is 11.5 Å². The Morgan fingerprint density at radius 3 is 2.31 bits per heavy atom. The van der Waals surface area contributed by atoms with Crippen molar-refractivity contribution < 1.29 is 25.6 Å². The summed E-state index contributed by atoms with van der Waals surface area (Å²) in [6, 6.07) is 8.04. The van der Waals surface area contributed by atoms with E-state index >= 15 is 0 Å². The van der Waals surface area contributed by atoms with E-state index < -0.39 is 37.3 Å². The molecule has 2 heterocycles. The molecule has 0 saturated carbocycles. The van der Waals surface area contributed by atoms with E-state index in [1.54, 1.807) is 0 Å². The molecule has 136 valence electrons. The number of hydrogen-bond acceptors (Lipinski definition) is 5. The highest BCUT2D eigenvalue weighted by Gasteiger charge is 2.26. The van der Waals surface area contributed by atoms with Crippen molar-refractivity contribution >= 4 is 19.9 Å². The minimum Gasteiger partial charge on any atom is -0.238 e. The van der Waals surface area contributed by atoms with E-state index in [1.807, 2.05) is 0 Å². The van der Waals surface area contributed by atoms with Crippen molar-refractivity contribution in [3.63, 3.8) is 0 Å². The highest BCUT2D eigenvalue weighted by Crippen LogP contribution is 2.29. The molecule has 1 aromatic carbocycles. The second kappa shape index (κ2) is 6.29. The third kappa shape index (κ3) is 3.13. The second-order valence-electron chi connectivity index (χ2n) is 5.40. The molecular formula is C16H12F2N2O4S2. The lowest BCUT2D eigenvalue weighted by Crippen LogP contribution is -2.15. The average Bonchev–Trinajstić information content (AvgIpc) is 2.97. The van der Waals surface area contributed by atoms with Crippen LogP contribution >= 0.6 is 0 Å². The van der Waals surface area contributed by atoms with Crippen LogP contribution in [0.1, 0.15) is 0 Å². The van der Waals surface area contributed by atoms with Gasteiger partial charge in [-0.3, -0.25) is 0 Å². The molecule has 0 aliphatic rings. The summed E-state index contributed by atoms with van der Waals surface area (Å²) in [5.74, 6) is -1.99. The smallest absolute Gasteiger partial charge is 0.238 e. The van der Waals surface area contributed by atoms with Crippen LogP contribution in [0.4, 0.5) is 8.78 Å². The maximum atomic E-state index is 14.2. The Labute approximate surface area is 148 Å². The van der Waals surface area contributed by atoms with Crippen molar-refractivity contribution in [1.29, 1.82) is 0 Å². The van der Waals surface area contributed by atoms with Crippen LogP contribution < -0.4 is 0 Å². The third-order valence-electron chi connectivity index (χ3n) is 3.61. The Morgan fingerprint density at radius 1 is 0.962 bits per heavy atom. The topological polar surface area (TPSA) is 86.1 Å². The Hall–Kier alpha value is -2.59. The van der Waals surface area contributed by atoms with Gasteiger partial charge in [-0.2, -0.15) is 4.39 Å². The fourth-order valence-electron chi connectivity index (χ4n) is 2.38. The lowest BCUT2D eigenvalue weighted by atomic mass is 10.2. The molecule has 0 atom stereocenters. The molecule has 26 heavy (non-hydrogen) atoms. The van der Waals surface area contributed by atoms with E-state index in [0.29, 0.717) is 3.97 Å². The predicted molar refractivity (Wildman–Crippen MR) is 89.7 cm³/mol. The molecule has 0 aliphatic carbocycles. The molecule has 0 N–H and O–H groups in total. The van der Waals surface area contributed by atoms with Gasteiger partial charge in [-0.05, 0) is 36.4 Å². The van der Waals surface area contributed by atoms with Gasteiger partial charge >= 0.3 is 0 Å². The van der Waals surface area contributed by atoms with Crippen LogP contribution in [0.15, 0.2) is 64.6 Å². The number of pyridine rings is 1. The number of aromatic nitrogens is 2. The highest BCUT2D eigenvalue weighted by molar-refractivity contribution is 7.91. The summed E-state index contributed by atoms with van der Waals surface area (Å²) in [5.41, 5.74) is -0.863. The largest absolute Gasteiger partial charge is 0.268 e. The molecule has 3 aromatic rings. The normalized spacial score (nSPS) is 12.3. The molecule has 0 spiro atoms. The zero-order valence-electron chi connectivity index (χ0n) is 13.3. The monoisotopic (exact) mass is 398 g/mol. The maximum Gasteiger partial charge on any atom is 0.268 e. The Balaban J connectivity index is 2.24. The molecule has 2 aromatic heterocycles.